The van der Waals surface area contributed by atoms with E-state index in [0.717, 1.165) is 17.5 Å². The van der Waals surface area contributed by atoms with Gasteiger partial charge in [-0.15, -0.1) is 11.8 Å². The first-order valence-corrected chi connectivity index (χ1v) is 7.72. The molecule has 19 heavy (non-hydrogen) atoms. The van der Waals surface area contributed by atoms with Crippen LogP contribution in [0.1, 0.15) is 32.3 Å². The van der Waals surface area contributed by atoms with Gasteiger partial charge in [-0.2, -0.15) is 0 Å². The number of benzene rings is 1. The van der Waals surface area contributed by atoms with Crippen molar-refractivity contribution < 1.29 is 9.53 Å². The Kier molecular flexibility index (Phi) is 5.28. The highest BCUT2D eigenvalue weighted by molar-refractivity contribution is 8.00. The maximum Gasteiger partial charge on any atom is 0.319 e. The second-order valence-electron chi connectivity index (χ2n) is 4.81. The summed E-state index contributed by atoms with van der Waals surface area (Å²) in [7, 11) is 0. The van der Waals surface area contributed by atoms with Crippen molar-refractivity contribution >= 4 is 17.7 Å². The molecule has 1 aliphatic rings. The zero-order valence-electron chi connectivity index (χ0n) is 11.5. The highest BCUT2D eigenvalue weighted by atomic mass is 32.2. The molecule has 0 heterocycles. The maximum atomic E-state index is 11.6. The fourth-order valence-corrected chi connectivity index (χ4v) is 2.74. The van der Waals surface area contributed by atoms with E-state index in [2.05, 4.69) is 17.4 Å². The summed E-state index contributed by atoms with van der Waals surface area (Å²) in [5.41, 5.74) is 1.27. The van der Waals surface area contributed by atoms with Crippen LogP contribution in [0.3, 0.4) is 0 Å². The first-order chi connectivity index (χ1) is 9.19. The van der Waals surface area contributed by atoms with Crippen molar-refractivity contribution in [2.45, 2.75) is 49.4 Å². The number of hydrogen-bond donors (Lipinski definition) is 1. The lowest BCUT2D eigenvalue weighted by Gasteiger charge is -2.11. The van der Waals surface area contributed by atoms with Gasteiger partial charge in [-0.1, -0.05) is 12.1 Å². The van der Waals surface area contributed by atoms with Crippen molar-refractivity contribution in [3.05, 3.63) is 29.8 Å². The monoisotopic (exact) mass is 279 g/mol. The van der Waals surface area contributed by atoms with E-state index in [1.165, 1.54) is 18.4 Å². The number of thioether (sulfide) groups is 1. The Morgan fingerprint density at radius 2 is 2.32 bits per heavy atom. The van der Waals surface area contributed by atoms with E-state index in [-0.39, 0.29) is 11.2 Å². The summed E-state index contributed by atoms with van der Waals surface area (Å²) >= 11 is 1.55. The van der Waals surface area contributed by atoms with E-state index < -0.39 is 0 Å². The Bertz CT molecular complexity index is 432. The van der Waals surface area contributed by atoms with Crippen LogP contribution in [-0.2, 0) is 16.1 Å². The summed E-state index contributed by atoms with van der Waals surface area (Å²) in [6.07, 6.45) is 2.60. The van der Waals surface area contributed by atoms with Gasteiger partial charge in [0.05, 0.1) is 6.61 Å². The molecule has 104 valence electrons. The number of rotatable bonds is 7. The quantitative estimate of drug-likeness (QED) is 0.615. The molecule has 0 radical (unpaired) electrons. The number of nitrogens with one attached hydrogen (secondary N) is 1. The summed E-state index contributed by atoms with van der Waals surface area (Å²) < 4.78 is 5.02. The molecule has 4 heteroatoms. The number of ether oxygens (including phenoxy) is 1. The predicted molar refractivity (Wildman–Crippen MR) is 78.3 cm³/mol. The van der Waals surface area contributed by atoms with E-state index >= 15 is 0 Å². The van der Waals surface area contributed by atoms with Gasteiger partial charge >= 0.3 is 5.97 Å². The third-order valence-corrected chi connectivity index (χ3v) is 4.07. The fourth-order valence-electron chi connectivity index (χ4n) is 1.79. The van der Waals surface area contributed by atoms with Crippen molar-refractivity contribution in [2.24, 2.45) is 0 Å². The van der Waals surface area contributed by atoms with Gasteiger partial charge < -0.3 is 10.1 Å². The molecule has 1 unspecified atom stereocenters. The minimum atomic E-state index is -0.161. The lowest BCUT2D eigenvalue weighted by molar-refractivity contribution is -0.142. The average Bonchev–Trinajstić information content (AvgIpc) is 3.21. The molecule has 0 saturated heterocycles. The number of esters is 1. The topological polar surface area (TPSA) is 38.3 Å². The SMILES string of the molecule is CCOC(=O)C(C)Sc1cccc(CNC2CC2)c1. The molecular weight excluding hydrogens is 258 g/mol. The summed E-state index contributed by atoms with van der Waals surface area (Å²) in [6.45, 7) is 5.07. The number of carbonyl (C=O) groups is 1. The first-order valence-electron chi connectivity index (χ1n) is 6.84. The van der Waals surface area contributed by atoms with E-state index in [1.54, 1.807) is 11.8 Å². The van der Waals surface area contributed by atoms with Crippen molar-refractivity contribution in [3.63, 3.8) is 0 Å². The molecule has 3 nitrogen and oxygen atoms in total. The predicted octanol–water partition coefficient (Wildman–Crippen LogP) is 2.98. The molecule has 1 aromatic carbocycles. The zero-order chi connectivity index (χ0) is 13.7. The molecule has 1 fully saturated rings. The summed E-state index contributed by atoms with van der Waals surface area (Å²) in [5, 5.41) is 3.34. The molecule has 1 saturated carbocycles. The van der Waals surface area contributed by atoms with Crippen molar-refractivity contribution in [1.82, 2.24) is 5.32 Å². The van der Waals surface area contributed by atoms with Crippen LogP contribution >= 0.6 is 11.8 Å². The Hall–Kier alpha value is -1.00. The Morgan fingerprint density at radius 3 is 3.00 bits per heavy atom. The van der Waals surface area contributed by atoms with Gasteiger partial charge in [0.1, 0.15) is 5.25 Å². The largest absolute Gasteiger partial charge is 0.465 e. The molecule has 0 amide bonds. The van der Waals surface area contributed by atoms with Crippen LogP contribution in [0.25, 0.3) is 0 Å². The molecule has 1 aliphatic carbocycles. The molecule has 0 aliphatic heterocycles. The van der Waals surface area contributed by atoms with Crippen molar-refractivity contribution in [1.29, 1.82) is 0 Å². The van der Waals surface area contributed by atoms with Gasteiger partial charge in [0.25, 0.3) is 0 Å². The van der Waals surface area contributed by atoms with E-state index in [9.17, 15) is 4.79 Å². The summed E-state index contributed by atoms with van der Waals surface area (Å²) in [6, 6.07) is 9.07. The van der Waals surface area contributed by atoms with Gasteiger partial charge in [-0.05, 0) is 44.4 Å². The van der Waals surface area contributed by atoms with E-state index in [1.807, 2.05) is 26.0 Å². The van der Waals surface area contributed by atoms with Crippen molar-refractivity contribution in [3.8, 4) is 0 Å². The molecule has 2 rings (SSSR count). The lowest BCUT2D eigenvalue weighted by Crippen LogP contribution is -2.17. The molecule has 1 aromatic rings. The molecule has 0 bridgehead atoms. The first kappa shape index (κ1) is 14.4. The second-order valence-corrected chi connectivity index (χ2v) is 6.23. The van der Waals surface area contributed by atoms with Gasteiger partial charge in [-0.25, -0.2) is 0 Å². The summed E-state index contributed by atoms with van der Waals surface area (Å²) in [5.74, 6) is -0.144. The third-order valence-electron chi connectivity index (χ3n) is 3.00. The van der Waals surface area contributed by atoms with Crippen LogP contribution in [-0.4, -0.2) is 23.9 Å². The second kappa shape index (κ2) is 6.96. The third kappa shape index (κ3) is 4.88. The smallest absolute Gasteiger partial charge is 0.319 e. The van der Waals surface area contributed by atoms with Crippen LogP contribution in [0.4, 0.5) is 0 Å². The highest BCUT2D eigenvalue weighted by Crippen LogP contribution is 2.25. The van der Waals surface area contributed by atoms with Gasteiger partial charge in [0.2, 0.25) is 0 Å². The van der Waals surface area contributed by atoms with E-state index in [4.69, 9.17) is 4.74 Å². The fraction of sp³-hybridized carbons (Fsp3) is 0.533. The Balaban J connectivity index is 1.88. The highest BCUT2D eigenvalue weighted by Gasteiger charge is 2.20. The van der Waals surface area contributed by atoms with Gasteiger partial charge in [0.15, 0.2) is 0 Å². The molecular formula is C15H21NO2S. The van der Waals surface area contributed by atoms with Gasteiger partial charge in [-0.3, -0.25) is 4.79 Å². The molecule has 0 aromatic heterocycles. The summed E-state index contributed by atoms with van der Waals surface area (Å²) in [4.78, 5) is 12.7. The number of hydrogen-bond acceptors (Lipinski definition) is 4. The standard InChI is InChI=1S/C15H21NO2S/c1-3-18-15(17)11(2)19-14-6-4-5-12(9-14)10-16-13-7-8-13/h4-6,9,11,13,16H,3,7-8,10H2,1-2H3. The minimum absolute atomic E-state index is 0.144. The van der Waals surface area contributed by atoms with Crippen LogP contribution in [0.15, 0.2) is 29.2 Å². The Labute approximate surface area is 119 Å². The van der Waals surface area contributed by atoms with E-state index in [0.29, 0.717) is 6.61 Å². The van der Waals surface area contributed by atoms with Crippen LogP contribution < -0.4 is 5.32 Å². The van der Waals surface area contributed by atoms with Gasteiger partial charge in [0, 0.05) is 17.5 Å². The minimum Gasteiger partial charge on any atom is -0.465 e. The number of carbonyl (C=O) groups excluding carboxylic acids is 1. The van der Waals surface area contributed by atoms with Crippen LogP contribution in [0, 0.1) is 0 Å². The van der Waals surface area contributed by atoms with Crippen LogP contribution in [0.2, 0.25) is 0 Å². The van der Waals surface area contributed by atoms with Crippen molar-refractivity contribution in [2.75, 3.05) is 6.61 Å². The molecule has 1 N–H and O–H groups in total. The average molecular weight is 279 g/mol. The normalized spacial score (nSPS) is 16.1. The molecule has 0 spiro atoms. The van der Waals surface area contributed by atoms with Crippen LogP contribution in [0.5, 0.6) is 0 Å². The molecule has 1 atom stereocenters. The Morgan fingerprint density at radius 1 is 1.53 bits per heavy atom. The lowest BCUT2D eigenvalue weighted by atomic mass is 10.2. The maximum absolute atomic E-state index is 11.6. The zero-order valence-corrected chi connectivity index (χ0v) is 12.3.